The Morgan fingerprint density at radius 2 is 1.62 bits per heavy atom. The normalized spacial score (nSPS) is 45.3. The number of carboxylic acids is 1. The van der Waals surface area contributed by atoms with E-state index in [-0.39, 0.29) is 33.8 Å². The molecule has 11 atom stereocenters. The van der Waals surface area contributed by atoms with Gasteiger partial charge in [0, 0.05) is 6.08 Å². The molecule has 1 aromatic rings. The quantitative estimate of drug-likeness (QED) is 0.179. The molecular weight excluding hydrogens is 564 g/mol. The molecule has 4 saturated carbocycles. The predicted octanol–water partition coefficient (Wildman–Crippen LogP) is 8.03. The lowest BCUT2D eigenvalue weighted by Gasteiger charge is -2.71. The van der Waals surface area contributed by atoms with Crippen LogP contribution in [0.3, 0.4) is 0 Å². The average molecular weight is 619 g/mol. The number of carbonyl (C=O) groups is 2. The molecule has 5 aliphatic carbocycles. The Hall–Kier alpha value is -2.60. The summed E-state index contributed by atoms with van der Waals surface area (Å²) in [4.78, 5) is 26.1. The molecule has 0 heterocycles. The molecule has 0 aromatic heterocycles. The summed E-state index contributed by atoms with van der Waals surface area (Å²) in [5.41, 5.74) is 0.794. The Bertz CT molecular complexity index is 1410. The number of ether oxygens (including phenoxy) is 1. The third-order valence-corrected chi connectivity index (χ3v) is 14.9. The van der Waals surface area contributed by atoms with Crippen LogP contribution in [0.25, 0.3) is 6.08 Å². The molecule has 1 aromatic carbocycles. The van der Waals surface area contributed by atoms with Crippen LogP contribution in [0.1, 0.15) is 105 Å². The monoisotopic (exact) mass is 618 g/mol. The second-order valence-electron chi connectivity index (χ2n) is 17.0. The molecule has 0 aliphatic heterocycles. The Kier molecular flexibility index (Phi) is 7.70. The first-order chi connectivity index (χ1) is 21.0. The Labute approximate surface area is 269 Å². The van der Waals surface area contributed by atoms with Crippen molar-refractivity contribution < 1.29 is 29.6 Å². The lowest BCUT2D eigenvalue weighted by molar-refractivity contribution is -0.237. The lowest BCUT2D eigenvalue weighted by atomic mass is 9.33. The van der Waals surface area contributed by atoms with E-state index in [2.05, 4.69) is 54.5 Å². The topological polar surface area (TPSA) is 104 Å². The van der Waals surface area contributed by atoms with Gasteiger partial charge < -0.3 is 20.1 Å². The predicted molar refractivity (Wildman–Crippen MR) is 175 cm³/mol. The minimum Gasteiger partial charge on any atom is -0.508 e. The highest BCUT2D eigenvalue weighted by Gasteiger charge is 2.70. The van der Waals surface area contributed by atoms with E-state index in [9.17, 15) is 24.9 Å². The van der Waals surface area contributed by atoms with Gasteiger partial charge in [-0.2, -0.15) is 0 Å². The lowest BCUT2D eigenvalue weighted by Crippen LogP contribution is -2.67. The minimum atomic E-state index is -0.772. The van der Waals surface area contributed by atoms with Crippen molar-refractivity contribution in [2.24, 2.45) is 56.7 Å². The zero-order valence-electron chi connectivity index (χ0n) is 28.3. The molecule has 246 valence electrons. The number of aliphatic carboxylic acids is 1. The summed E-state index contributed by atoms with van der Waals surface area (Å²) in [6, 6.07) is 6.62. The molecule has 0 unspecified atom stereocenters. The molecule has 3 N–H and O–H groups in total. The van der Waals surface area contributed by atoms with E-state index in [1.165, 1.54) is 11.6 Å². The number of aliphatic hydroxyl groups is 1. The van der Waals surface area contributed by atoms with Gasteiger partial charge >= 0.3 is 11.9 Å². The average Bonchev–Trinajstić information content (AvgIpc) is 2.97. The number of rotatable bonds is 4. The fourth-order valence-corrected chi connectivity index (χ4v) is 12.0. The van der Waals surface area contributed by atoms with Crippen molar-refractivity contribution in [1.82, 2.24) is 0 Å². The van der Waals surface area contributed by atoms with Crippen molar-refractivity contribution in [3.8, 4) is 5.75 Å². The number of esters is 1. The van der Waals surface area contributed by atoms with Crippen LogP contribution in [0.2, 0.25) is 0 Å². The van der Waals surface area contributed by atoms with E-state index in [1.807, 2.05) is 0 Å². The molecule has 6 nitrogen and oxygen atoms in total. The summed E-state index contributed by atoms with van der Waals surface area (Å²) in [7, 11) is 0. The second-order valence-corrected chi connectivity index (χ2v) is 17.0. The number of fused-ring (bicyclic) bond motifs is 7. The van der Waals surface area contributed by atoms with Crippen molar-refractivity contribution >= 4 is 18.0 Å². The number of aliphatic hydroxyl groups excluding tert-OH is 1. The van der Waals surface area contributed by atoms with Crippen LogP contribution in [0.15, 0.2) is 42.0 Å². The SMILES string of the molecule is C[C@H]1[C@H](C)CC[C@]2(C(=O)O)CC[C@]3(C)C(=CC[C@@H]4[C@@]5(C)C[C@@H](OC(=O)/C=C\c6ccc(O)cc6)[C@H](O)C(C)(C)[C@@H]5CC[C@]43C)[C@H]12. The van der Waals surface area contributed by atoms with Gasteiger partial charge in [0.2, 0.25) is 0 Å². The van der Waals surface area contributed by atoms with Crippen LogP contribution in [0.4, 0.5) is 0 Å². The first-order valence-corrected chi connectivity index (χ1v) is 17.3. The molecule has 45 heavy (non-hydrogen) atoms. The third-order valence-electron chi connectivity index (χ3n) is 14.9. The number of allylic oxidation sites excluding steroid dienone is 2. The Balaban J connectivity index is 1.33. The summed E-state index contributed by atoms with van der Waals surface area (Å²) in [5, 5.41) is 31.9. The largest absolute Gasteiger partial charge is 0.508 e. The standard InChI is InChI=1S/C39H54O6/c1-23-16-19-39(34(43)44)21-20-37(6)27(32(39)24(23)2)13-14-30-36(5)22-28(33(42)35(3,4)29(36)17-18-38(30,37)7)45-31(41)15-10-25-8-11-26(40)12-9-25/h8-13,15,23-24,28-30,32-33,40,42H,14,16-22H2,1-7H3,(H,43,44)/b15-10-/t23-,24+,28-,29+,30-,32+,33+,36+,37-,38-,39+/m1/s1. The molecule has 0 saturated heterocycles. The van der Waals surface area contributed by atoms with Crippen molar-refractivity contribution in [1.29, 1.82) is 0 Å². The molecule has 6 rings (SSSR count). The highest BCUT2D eigenvalue weighted by molar-refractivity contribution is 5.87. The van der Waals surface area contributed by atoms with E-state index < -0.39 is 35.0 Å². The number of hydrogen-bond donors (Lipinski definition) is 3. The van der Waals surface area contributed by atoms with E-state index in [4.69, 9.17) is 4.74 Å². The molecular formula is C39H54O6. The van der Waals surface area contributed by atoms with Crippen LogP contribution in [-0.4, -0.2) is 39.5 Å². The zero-order chi connectivity index (χ0) is 32.7. The molecule has 0 spiro atoms. The number of phenols is 1. The fraction of sp³-hybridized carbons (Fsp3) is 0.692. The minimum absolute atomic E-state index is 0.0287. The van der Waals surface area contributed by atoms with Crippen LogP contribution in [0, 0.1) is 56.7 Å². The Morgan fingerprint density at radius 3 is 2.29 bits per heavy atom. The van der Waals surface area contributed by atoms with Gasteiger partial charge in [-0.25, -0.2) is 4.79 Å². The first-order valence-electron chi connectivity index (χ1n) is 17.3. The number of benzene rings is 1. The van der Waals surface area contributed by atoms with Crippen molar-refractivity contribution in [2.45, 2.75) is 112 Å². The number of hydrogen-bond acceptors (Lipinski definition) is 5. The summed E-state index contributed by atoms with van der Waals surface area (Å²) in [6.07, 6.45) is 11.1. The molecule has 4 fully saturated rings. The van der Waals surface area contributed by atoms with Crippen molar-refractivity contribution in [3.63, 3.8) is 0 Å². The number of carbonyl (C=O) groups excluding carboxylic acids is 1. The first kappa shape index (κ1) is 32.3. The third kappa shape index (κ3) is 4.58. The van der Waals surface area contributed by atoms with Crippen LogP contribution >= 0.6 is 0 Å². The summed E-state index contributed by atoms with van der Waals surface area (Å²) < 4.78 is 6.07. The van der Waals surface area contributed by atoms with Gasteiger partial charge in [-0.1, -0.05) is 72.2 Å². The van der Waals surface area contributed by atoms with Crippen LogP contribution < -0.4 is 0 Å². The molecule has 0 bridgehead atoms. The maximum absolute atomic E-state index is 13.1. The number of carboxylic acid groups (broad SMARTS) is 1. The number of phenolic OH excluding ortho intramolecular Hbond substituents is 1. The van der Waals surface area contributed by atoms with Gasteiger partial charge in [-0.05, 0) is 126 Å². The van der Waals surface area contributed by atoms with Crippen LogP contribution in [-0.2, 0) is 14.3 Å². The number of aromatic hydroxyl groups is 1. The van der Waals surface area contributed by atoms with Gasteiger partial charge in [0.1, 0.15) is 11.9 Å². The Morgan fingerprint density at radius 1 is 0.933 bits per heavy atom. The molecule has 0 radical (unpaired) electrons. The molecule has 0 amide bonds. The summed E-state index contributed by atoms with van der Waals surface area (Å²) >= 11 is 0. The van der Waals surface area contributed by atoms with Gasteiger partial charge in [0.15, 0.2) is 0 Å². The highest BCUT2D eigenvalue weighted by Crippen LogP contribution is 2.75. The van der Waals surface area contributed by atoms with Gasteiger partial charge in [0.05, 0.1) is 11.5 Å². The van der Waals surface area contributed by atoms with Gasteiger partial charge in [0.25, 0.3) is 0 Å². The van der Waals surface area contributed by atoms with E-state index in [1.54, 1.807) is 30.3 Å². The summed E-state index contributed by atoms with van der Waals surface area (Å²) in [6.45, 7) is 16.2. The van der Waals surface area contributed by atoms with E-state index in [0.29, 0.717) is 24.2 Å². The van der Waals surface area contributed by atoms with Crippen molar-refractivity contribution in [3.05, 3.63) is 47.6 Å². The summed E-state index contributed by atoms with van der Waals surface area (Å²) in [5.74, 6) is 0.586. The fourth-order valence-electron chi connectivity index (χ4n) is 12.0. The zero-order valence-corrected chi connectivity index (χ0v) is 28.3. The van der Waals surface area contributed by atoms with Gasteiger partial charge in [-0.3, -0.25) is 4.79 Å². The van der Waals surface area contributed by atoms with Crippen molar-refractivity contribution in [2.75, 3.05) is 0 Å². The second kappa shape index (κ2) is 10.7. The maximum atomic E-state index is 13.1. The molecule has 6 heteroatoms. The van der Waals surface area contributed by atoms with Crippen LogP contribution in [0.5, 0.6) is 5.75 Å². The smallest absolute Gasteiger partial charge is 0.331 e. The van der Waals surface area contributed by atoms with E-state index >= 15 is 0 Å². The molecule has 5 aliphatic rings. The van der Waals surface area contributed by atoms with Gasteiger partial charge in [-0.15, -0.1) is 0 Å². The maximum Gasteiger partial charge on any atom is 0.331 e. The highest BCUT2D eigenvalue weighted by atomic mass is 16.6. The van der Waals surface area contributed by atoms with E-state index in [0.717, 1.165) is 50.5 Å².